The number of hydrogen-bond donors (Lipinski definition) is 1. The molecule has 0 bridgehead atoms. The summed E-state index contributed by atoms with van der Waals surface area (Å²) in [5, 5.41) is 8.39. The number of benzene rings is 6. The molecule has 40 heavy (non-hydrogen) atoms. The van der Waals surface area contributed by atoms with Crippen molar-refractivity contribution in [1.29, 1.82) is 0 Å². The molecule has 0 aromatic heterocycles. The molecule has 6 aromatic carbocycles. The van der Waals surface area contributed by atoms with Crippen molar-refractivity contribution < 1.29 is 0 Å². The summed E-state index contributed by atoms with van der Waals surface area (Å²) >= 11 is 0. The van der Waals surface area contributed by atoms with Gasteiger partial charge in [0.15, 0.2) is 0 Å². The molecule has 0 radical (unpaired) electrons. The number of rotatable bonds is 6. The molecule has 3 N–H and O–H groups in total. The zero-order valence-corrected chi connectivity index (χ0v) is 26.4. The summed E-state index contributed by atoms with van der Waals surface area (Å²) in [6.45, 7) is 0. The van der Waals surface area contributed by atoms with Crippen molar-refractivity contribution in [1.82, 2.24) is 6.15 Å². The minimum absolute atomic E-state index is 0. The van der Waals surface area contributed by atoms with Crippen molar-refractivity contribution in [2.45, 2.75) is 0 Å². The highest BCUT2D eigenvalue weighted by Crippen LogP contribution is 2.33. The molecule has 0 saturated carbocycles. The molecule has 6 rings (SSSR count). The fourth-order valence-electron chi connectivity index (χ4n) is 4.36. The van der Waals surface area contributed by atoms with E-state index in [0.29, 0.717) is 0 Å². The van der Waals surface area contributed by atoms with Crippen molar-refractivity contribution in [3.63, 3.8) is 0 Å². The maximum atomic E-state index is 2.23. The molecule has 0 aliphatic rings. The number of halogens is 1. The highest BCUT2D eigenvalue weighted by atomic mass is 127. The van der Waals surface area contributed by atoms with Gasteiger partial charge in [0, 0.05) is 0 Å². The summed E-state index contributed by atoms with van der Waals surface area (Å²) in [6.07, 6.45) is 0. The molecular weight excluding hydrogens is 635 g/mol. The van der Waals surface area contributed by atoms with E-state index < -0.39 is 15.8 Å². The predicted molar refractivity (Wildman–Crippen MR) is 191 cm³/mol. The van der Waals surface area contributed by atoms with E-state index in [9.17, 15) is 0 Å². The Morgan fingerprint density at radius 2 is 0.350 bits per heavy atom. The Hall–Kier alpha value is -3.13. The van der Waals surface area contributed by atoms with E-state index in [4.69, 9.17) is 0 Å². The van der Waals surface area contributed by atoms with Crippen molar-refractivity contribution in [2.24, 2.45) is 0 Å². The van der Waals surface area contributed by atoms with E-state index in [1.807, 2.05) is 0 Å². The molecule has 0 atom stereocenters. The Labute approximate surface area is 258 Å². The first-order valence-electron chi connectivity index (χ1n) is 12.8. The maximum absolute atomic E-state index is 2.23. The fraction of sp³-hybridized carbons (Fsp3) is 0. The Morgan fingerprint density at radius 3 is 0.475 bits per heavy atom. The summed E-state index contributed by atoms with van der Waals surface area (Å²) in [6, 6.07) is 64.7. The summed E-state index contributed by atoms with van der Waals surface area (Å²) in [7, 11) is -0.892. The smallest absolute Gasteiger partial charge is 0.0134 e. The SMILES string of the molecule is I.N.c1ccc(P(c2ccccc2)c2ccccc2)cc1.c1ccc(P(c2ccccc2)c2ccccc2)cc1. The van der Waals surface area contributed by atoms with Gasteiger partial charge >= 0.3 is 0 Å². The molecule has 1 nitrogen and oxygen atoms in total. The van der Waals surface area contributed by atoms with Crippen LogP contribution < -0.4 is 38.0 Å². The quantitative estimate of drug-likeness (QED) is 0.144. The average molecular weight is 670 g/mol. The van der Waals surface area contributed by atoms with Gasteiger partial charge in [-0.3, -0.25) is 0 Å². The Kier molecular flexibility index (Phi) is 13.2. The standard InChI is InChI=1S/2C18H15P.HI.H3N/c2*1-4-10-16(11-5-1)19(17-12-6-2-7-13-17)18-14-8-3-9-15-18;;/h2*1-15H;1H;1H3. The second kappa shape index (κ2) is 16.9. The molecule has 0 amide bonds. The normalized spacial score (nSPS) is 10.1. The van der Waals surface area contributed by atoms with Gasteiger partial charge in [0.05, 0.1) is 0 Å². The van der Waals surface area contributed by atoms with Crippen LogP contribution in [0, 0.1) is 0 Å². The van der Waals surface area contributed by atoms with Crippen LogP contribution in [0.15, 0.2) is 182 Å². The maximum Gasteiger partial charge on any atom is -0.0134 e. The van der Waals surface area contributed by atoms with Crippen LogP contribution >= 0.6 is 39.8 Å². The van der Waals surface area contributed by atoms with Crippen LogP contribution in [0.3, 0.4) is 0 Å². The van der Waals surface area contributed by atoms with E-state index in [0.717, 1.165) is 0 Å². The molecule has 4 heteroatoms. The van der Waals surface area contributed by atoms with E-state index in [1.165, 1.54) is 31.8 Å². The van der Waals surface area contributed by atoms with Crippen LogP contribution in [0.25, 0.3) is 0 Å². The summed E-state index contributed by atoms with van der Waals surface area (Å²) in [4.78, 5) is 0. The van der Waals surface area contributed by atoms with E-state index in [1.54, 1.807) is 0 Å². The van der Waals surface area contributed by atoms with Crippen molar-refractivity contribution >= 4 is 71.6 Å². The minimum atomic E-state index is -0.446. The molecule has 0 aliphatic carbocycles. The van der Waals surface area contributed by atoms with Gasteiger partial charge < -0.3 is 6.15 Å². The van der Waals surface area contributed by atoms with Crippen LogP contribution in [0.2, 0.25) is 0 Å². The van der Waals surface area contributed by atoms with Crippen molar-refractivity contribution in [3.8, 4) is 0 Å². The van der Waals surface area contributed by atoms with Gasteiger partial charge in [0.1, 0.15) is 0 Å². The first kappa shape index (κ1) is 31.4. The van der Waals surface area contributed by atoms with E-state index >= 15 is 0 Å². The molecule has 0 spiro atoms. The first-order chi connectivity index (χ1) is 18.9. The van der Waals surface area contributed by atoms with Gasteiger partial charge in [-0.2, -0.15) is 0 Å². The summed E-state index contributed by atoms with van der Waals surface area (Å²) in [5.41, 5.74) is 0. The first-order valence-corrected chi connectivity index (χ1v) is 15.5. The Balaban J connectivity index is 0.000000210. The molecule has 0 heterocycles. The van der Waals surface area contributed by atoms with Crippen LogP contribution in [-0.4, -0.2) is 0 Å². The zero-order valence-electron chi connectivity index (χ0n) is 22.3. The van der Waals surface area contributed by atoms with Crippen LogP contribution in [-0.2, 0) is 0 Å². The van der Waals surface area contributed by atoms with Crippen molar-refractivity contribution in [2.75, 3.05) is 0 Å². The lowest BCUT2D eigenvalue weighted by Gasteiger charge is -2.18. The highest BCUT2D eigenvalue weighted by molar-refractivity contribution is 14.0. The Bertz CT molecular complexity index is 1180. The van der Waals surface area contributed by atoms with Crippen LogP contribution in [0.5, 0.6) is 0 Å². The molecule has 0 saturated heterocycles. The monoisotopic (exact) mass is 669 g/mol. The third-order valence-corrected chi connectivity index (χ3v) is 11.0. The van der Waals surface area contributed by atoms with Crippen LogP contribution in [0.1, 0.15) is 0 Å². The van der Waals surface area contributed by atoms with Gasteiger partial charge in [-0.05, 0) is 47.7 Å². The summed E-state index contributed by atoms with van der Waals surface area (Å²) in [5.74, 6) is 0. The van der Waals surface area contributed by atoms with E-state index in [2.05, 4.69) is 182 Å². The summed E-state index contributed by atoms with van der Waals surface area (Å²) < 4.78 is 0. The molecule has 0 aliphatic heterocycles. The average Bonchev–Trinajstić information content (AvgIpc) is 3.01. The molecular formula is C36H34INP2. The molecule has 0 fully saturated rings. The third kappa shape index (κ3) is 8.43. The minimum Gasteiger partial charge on any atom is -0.344 e. The highest BCUT2D eigenvalue weighted by Gasteiger charge is 2.16. The van der Waals surface area contributed by atoms with Crippen molar-refractivity contribution in [3.05, 3.63) is 182 Å². The molecule has 0 unspecified atom stereocenters. The van der Waals surface area contributed by atoms with E-state index in [-0.39, 0.29) is 30.1 Å². The second-order valence-corrected chi connectivity index (χ2v) is 13.1. The largest absolute Gasteiger partial charge is 0.344 e. The second-order valence-electron chi connectivity index (χ2n) is 8.68. The fourth-order valence-corrected chi connectivity index (χ4v) is 8.97. The lowest BCUT2D eigenvalue weighted by atomic mass is 10.4. The molecule has 200 valence electrons. The third-order valence-electron chi connectivity index (χ3n) is 6.09. The van der Waals surface area contributed by atoms with Gasteiger partial charge in [-0.15, -0.1) is 24.0 Å². The predicted octanol–water partition coefficient (Wildman–Crippen LogP) is 7.67. The lowest BCUT2D eigenvalue weighted by molar-refractivity contribution is 1.74. The Morgan fingerprint density at radius 1 is 0.225 bits per heavy atom. The van der Waals surface area contributed by atoms with Crippen LogP contribution in [0.4, 0.5) is 0 Å². The molecule has 6 aromatic rings. The van der Waals surface area contributed by atoms with Gasteiger partial charge in [-0.25, -0.2) is 0 Å². The lowest BCUT2D eigenvalue weighted by Crippen LogP contribution is -2.20. The zero-order chi connectivity index (χ0) is 25.8. The number of hydrogen-bond acceptors (Lipinski definition) is 1. The van der Waals surface area contributed by atoms with Gasteiger partial charge in [-0.1, -0.05) is 182 Å². The van der Waals surface area contributed by atoms with Gasteiger partial charge in [0.2, 0.25) is 0 Å². The topological polar surface area (TPSA) is 35.0 Å². The van der Waals surface area contributed by atoms with Gasteiger partial charge in [0.25, 0.3) is 0 Å².